The van der Waals surface area contributed by atoms with Gasteiger partial charge in [-0.2, -0.15) is 5.26 Å². The van der Waals surface area contributed by atoms with Gasteiger partial charge in [0.05, 0.1) is 39.9 Å². The Kier molecular flexibility index (Phi) is 8.35. The van der Waals surface area contributed by atoms with Crippen LogP contribution in [0.1, 0.15) is 5.56 Å². The third-order valence-electron chi connectivity index (χ3n) is 12.0. The molecule has 302 valence electrons. The Hall–Kier alpha value is -9.51. The first-order chi connectivity index (χ1) is 32.0. The zero-order chi connectivity index (χ0) is 43.8. The van der Waals surface area contributed by atoms with E-state index in [1.807, 2.05) is 144 Å². The summed E-state index contributed by atoms with van der Waals surface area (Å²) in [4.78, 5) is 48.6. The van der Waals surface area contributed by atoms with E-state index in [4.69, 9.17) is 25.9 Å². The van der Waals surface area contributed by atoms with Crippen LogP contribution >= 0.6 is 0 Å². The summed E-state index contributed by atoms with van der Waals surface area (Å²) in [6.07, 6.45) is 0. The summed E-state index contributed by atoms with van der Waals surface area (Å²) in [6.45, 7) is 8.49. The van der Waals surface area contributed by atoms with Crippen molar-refractivity contribution >= 4 is 71.0 Å². The van der Waals surface area contributed by atoms with Crippen LogP contribution in [0.5, 0.6) is 0 Å². The molecule has 8 aromatic carbocycles. The molecule has 0 bridgehead atoms. The number of para-hydroxylation sites is 3. The van der Waals surface area contributed by atoms with Crippen LogP contribution in [0.2, 0.25) is 0 Å². The van der Waals surface area contributed by atoms with E-state index in [2.05, 4.69) is 10.9 Å². The SMILES string of the molecule is [C-]#[N+]c1cc(-n2c3ccccc3c3cc4c(=O)n(-c5ccccc5)c(=O)c5c(ccc6c7ccccc7oc65)c4cc32)c(C#N)cc1-c1nc(-c2ccccc2)nc(-c2ccccc2)n1. The number of nitriles is 1. The lowest BCUT2D eigenvalue weighted by Crippen LogP contribution is -2.28. The second-order valence-electron chi connectivity index (χ2n) is 15.7. The van der Waals surface area contributed by atoms with E-state index >= 15 is 9.59 Å². The van der Waals surface area contributed by atoms with Crippen LogP contribution < -0.4 is 11.1 Å². The number of aromatic nitrogens is 5. The second-order valence-corrected chi connectivity index (χ2v) is 15.7. The Bertz CT molecular complexity index is 4130. The molecule has 0 saturated heterocycles. The van der Waals surface area contributed by atoms with Crippen molar-refractivity contribution in [3.05, 3.63) is 214 Å². The second kappa shape index (κ2) is 14.6. The highest BCUT2D eigenvalue weighted by atomic mass is 16.3. The van der Waals surface area contributed by atoms with E-state index in [1.54, 1.807) is 36.4 Å². The summed E-state index contributed by atoms with van der Waals surface area (Å²) in [5.41, 5.74) is 4.68. The Morgan fingerprint density at radius 1 is 0.523 bits per heavy atom. The van der Waals surface area contributed by atoms with Crippen LogP contribution in [0.25, 0.3) is 116 Å². The van der Waals surface area contributed by atoms with E-state index in [-0.39, 0.29) is 22.5 Å². The summed E-state index contributed by atoms with van der Waals surface area (Å²) in [6, 6.07) is 56.7. The van der Waals surface area contributed by atoms with E-state index in [9.17, 15) is 5.26 Å². The van der Waals surface area contributed by atoms with Gasteiger partial charge in [-0.1, -0.05) is 121 Å². The number of nitrogens with zero attached hydrogens (tertiary/aromatic N) is 7. The fourth-order valence-corrected chi connectivity index (χ4v) is 9.09. The molecule has 0 N–H and O–H groups in total. The molecule has 0 radical (unpaired) electrons. The fourth-order valence-electron chi connectivity index (χ4n) is 9.09. The predicted octanol–water partition coefficient (Wildman–Crippen LogP) is 12.1. The van der Waals surface area contributed by atoms with Gasteiger partial charge >= 0.3 is 0 Å². The van der Waals surface area contributed by atoms with Crippen LogP contribution in [0.4, 0.5) is 5.69 Å². The third kappa shape index (κ3) is 5.76. The predicted molar refractivity (Wildman–Crippen MR) is 256 cm³/mol. The van der Waals surface area contributed by atoms with Crippen molar-refractivity contribution in [3.8, 4) is 51.6 Å². The molecule has 0 aliphatic carbocycles. The van der Waals surface area contributed by atoms with Gasteiger partial charge in [0.2, 0.25) is 0 Å². The molecule has 0 atom stereocenters. The van der Waals surface area contributed by atoms with Crippen molar-refractivity contribution < 1.29 is 4.42 Å². The summed E-state index contributed by atoms with van der Waals surface area (Å²) in [5.74, 6) is 1.10. The number of furan rings is 1. The maximum Gasteiger partial charge on any atom is 0.269 e. The van der Waals surface area contributed by atoms with Crippen molar-refractivity contribution in [3.63, 3.8) is 0 Å². The Morgan fingerprint density at radius 3 is 1.83 bits per heavy atom. The molecular weight excluding hydrogens is 807 g/mol. The van der Waals surface area contributed by atoms with Crippen molar-refractivity contribution in [1.82, 2.24) is 24.1 Å². The topological polar surface area (TPSA) is 124 Å². The first-order valence-corrected chi connectivity index (χ1v) is 20.8. The molecule has 0 spiro atoms. The number of hydrogen-bond donors (Lipinski definition) is 0. The van der Waals surface area contributed by atoms with Gasteiger partial charge in [0.15, 0.2) is 23.2 Å². The third-order valence-corrected chi connectivity index (χ3v) is 12.0. The van der Waals surface area contributed by atoms with E-state index in [1.165, 1.54) is 4.57 Å². The lowest BCUT2D eigenvalue weighted by atomic mass is 10.0. The van der Waals surface area contributed by atoms with Crippen LogP contribution in [0.3, 0.4) is 0 Å². The Morgan fingerprint density at radius 2 is 1.14 bits per heavy atom. The van der Waals surface area contributed by atoms with Gasteiger partial charge < -0.3 is 8.98 Å². The van der Waals surface area contributed by atoms with Crippen molar-refractivity contribution in [2.75, 3.05) is 0 Å². The highest BCUT2D eigenvalue weighted by molar-refractivity contribution is 6.22. The minimum Gasteiger partial charge on any atom is -0.455 e. The van der Waals surface area contributed by atoms with Crippen molar-refractivity contribution in [2.45, 2.75) is 0 Å². The van der Waals surface area contributed by atoms with Gasteiger partial charge in [-0.25, -0.2) is 24.4 Å². The molecule has 0 fully saturated rings. The first kappa shape index (κ1) is 37.3. The summed E-state index contributed by atoms with van der Waals surface area (Å²) in [7, 11) is 0. The highest BCUT2D eigenvalue weighted by Crippen LogP contribution is 2.41. The highest BCUT2D eigenvalue weighted by Gasteiger charge is 2.24. The molecule has 4 heterocycles. The van der Waals surface area contributed by atoms with Crippen LogP contribution in [-0.4, -0.2) is 24.1 Å². The molecule has 0 aliphatic rings. The zero-order valence-electron chi connectivity index (χ0n) is 34.1. The van der Waals surface area contributed by atoms with Crippen molar-refractivity contribution in [1.29, 1.82) is 5.26 Å². The molecule has 0 unspecified atom stereocenters. The molecular formula is C55H29N7O3. The number of rotatable bonds is 5. The lowest BCUT2D eigenvalue weighted by Gasteiger charge is -2.14. The largest absolute Gasteiger partial charge is 0.455 e. The Labute approximate surface area is 368 Å². The van der Waals surface area contributed by atoms with Crippen LogP contribution in [-0.2, 0) is 0 Å². The van der Waals surface area contributed by atoms with Gasteiger partial charge in [0.25, 0.3) is 11.1 Å². The Balaban J connectivity index is 1.17. The van der Waals surface area contributed by atoms with Crippen LogP contribution in [0, 0.1) is 17.9 Å². The van der Waals surface area contributed by atoms with E-state index in [0.29, 0.717) is 61.4 Å². The lowest BCUT2D eigenvalue weighted by molar-refractivity contribution is 0.672. The number of hydrogen-bond acceptors (Lipinski definition) is 7. The zero-order valence-corrected chi connectivity index (χ0v) is 34.1. The summed E-state index contributed by atoms with van der Waals surface area (Å²) >= 11 is 0. The smallest absolute Gasteiger partial charge is 0.269 e. The van der Waals surface area contributed by atoms with Gasteiger partial charge in [-0.3, -0.25) is 9.59 Å². The van der Waals surface area contributed by atoms with Gasteiger partial charge in [0.1, 0.15) is 17.2 Å². The normalized spacial score (nSPS) is 11.5. The molecule has 0 saturated carbocycles. The number of fused-ring (bicyclic) bond motifs is 10. The molecule has 0 aliphatic heterocycles. The number of benzene rings is 8. The molecule has 0 amide bonds. The summed E-state index contributed by atoms with van der Waals surface area (Å²) in [5, 5.41) is 15.7. The van der Waals surface area contributed by atoms with Crippen molar-refractivity contribution in [2.24, 2.45) is 0 Å². The quantitative estimate of drug-likeness (QED) is 0.158. The molecule has 12 aromatic rings. The van der Waals surface area contributed by atoms with E-state index in [0.717, 1.165) is 38.2 Å². The summed E-state index contributed by atoms with van der Waals surface area (Å²) < 4.78 is 9.64. The monoisotopic (exact) mass is 835 g/mol. The van der Waals surface area contributed by atoms with E-state index < -0.39 is 11.1 Å². The van der Waals surface area contributed by atoms with Gasteiger partial charge in [-0.15, -0.1) is 0 Å². The fraction of sp³-hybridized carbons (Fsp3) is 0. The average Bonchev–Trinajstić information content (AvgIpc) is 3.88. The standard InChI is InChI=1S/C55H29N7O3/c1-57-44-30-46(34(31-56)27-43(44)53-59-51(32-15-5-2-6-16-32)58-52(60-53)33-17-7-3-8-18-33)62-45-23-13-11-21-36(45)41-28-42-40(29-47(41)62)38-25-26-39-37-22-12-14-24-48(37)65-50(39)49(38)55(64)61(54(42)63)35-19-9-4-10-20-35/h2-30H. The van der Waals surface area contributed by atoms with Gasteiger partial charge in [-0.05, 0) is 65.4 Å². The molecule has 10 nitrogen and oxygen atoms in total. The van der Waals surface area contributed by atoms with Crippen LogP contribution in [0.15, 0.2) is 190 Å². The maximum atomic E-state index is 15.0. The minimum absolute atomic E-state index is 0.223. The average molecular weight is 836 g/mol. The molecule has 10 heteroatoms. The molecule has 4 aromatic heterocycles. The maximum absolute atomic E-state index is 15.0. The van der Waals surface area contributed by atoms with Gasteiger partial charge in [0, 0.05) is 43.6 Å². The molecule has 12 rings (SSSR count). The first-order valence-electron chi connectivity index (χ1n) is 20.8. The molecule has 65 heavy (non-hydrogen) atoms. The minimum atomic E-state index is -0.511.